The summed E-state index contributed by atoms with van der Waals surface area (Å²) < 4.78 is 4.79. The van der Waals surface area contributed by atoms with E-state index in [0.29, 0.717) is 17.1 Å². The number of H-pyrrole nitrogens is 1. The highest BCUT2D eigenvalue weighted by atomic mass is 16.5. The predicted molar refractivity (Wildman–Crippen MR) is 52.5 cm³/mol. The third-order valence-corrected chi connectivity index (χ3v) is 1.94. The summed E-state index contributed by atoms with van der Waals surface area (Å²) in [4.78, 5) is 11.6. The van der Waals surface area contributed by atoms with Crippen LogP contribution < -0.4 is 5.32 Å². The van der Waals surface area contributed by atoms with Crippen molar-refractivity contribution in [3.63, 3.8) is 0 Å². The Morgan fingerprint density at radius 3 is 2.87 bits per heavy atom. The van der Waals surface area contributed by atoms with Gasteiger partial charge in [0, 0.05) is 11.8 Å². The van der Waals surface area contributed by atoms with Crippen LogP contribution >= 0.6 is 0 Å². The number of aromatic nitrogens is 3. The minimum atomic E-state index is -0.278. The fraction of sp³-hybridized carbons (Fsp3) is 0.222. The van der Waals surface area contributed by atoms with Crippen molar-refractivity contribution in [2.45, 2.75) is 13.8 Å². The zero-order chi connectivity index (χ0) is 10.8. The normalized spacial score (nSPS) is 10.3. The summed E-state index contributed by atoms with van der Waals surface area (Å²) in [5.41, 5.74) is 1.29. The molecule has 0 bridgehead atoms. The molecule has 15 heavy (non-hydrogen) atoms. The number of rotatable bonds is 2. The fourth-order valence-corrected chi connectivity index (χ4v) is 1.18. The Kier molecular flexibility index (Phi) is 2.24. The fourth-order valence-electron chi connectivity index (χ4n) is 1.18. The van der Waals surface area contributed by atoms with Gasteiger partial charge in [-0.1, -0.05) is 5.16 Å². The van der Waals surface area contributed by atoms with Crippen LogP contribution in [0.3, 0.4) is 0 Å². The maximum atomic E-state index is 11.6. The maximum absolute atomic E-state index is 11.6. The van der Waals surface area contributed by atoms with Gasteiger partial charge in [0.2, 0.25) is 0 Å². The second kappa shape index (κ2) is 3.56. The van der Waals surface area contributed by atoms with Gasteiger partial charge in [0.25, 0.3) is 5.91 Å². The maximum Gasteiger partial charge on any atom is 0.262 e. The molecule has 0 saturated heterocycles. The molecule has 0 aliphatic heterocycles. The molecule has 6 heteroatoms. The lowest BCUT2D eigenvalue weighted by Gasteiger charge is -1.97. The van der Waals surface area contributed by atoms with Crippen molar-refractivity contribution in [2.24, 2.45) is 0 Å². The molecule has 78 valence electrons. The number of carbonyl (C=O) groups excluding carboxylic acids is 1. The number of hydrogen-bond acceptors (Lipinski definition) is 4. The van der Waals surface area contributed by atoms with Gasteiger partial charge in [-0.2, -0.15) is 5.10 Å². The van der Waals surface area contributed by atoms with E-state index >= 15 is 0 Å². The number of aryl methyl sites for hydroxylation is 2. The van der Waals surface area contributed by atoms with Crippen molar-refractivity contribution in [3.05, 3.63) is 29.3 Å². The van der Waals surface area contributed by atoms with Crippen molar-refractivity contribution in [1.82, 2.24) is 15.4 Å². The molecule has 0 radical (unpaired) electrons. The van der Waals surface area contributed by atoms with Gasteiger partial charge >= 0.3 is 0 Å². The van der Waals surface area contributed by atoms with E-state index < -0.39 is 0 Å². The molecule has 1 amide bonds. The Balaban J connectivity index is 2.14. The number of anilines is 1. The molecular weight excluding hydrogens is 196 g/mol. The third kappa shape index (κ3) is 1.88. The van der Waals surface area contributed by atoms with Crippen LogP contribution in [0, 0.1) is 13.8 Å². The molecular formula is C9H10N4O2. The van der Waals surface area contributed by atoms with Gasteiger partial charge in [-0.25, -0.2) is 0 Å². The van der Waals surface area contributed by atoms with Crippen molar-refractivity contribution in [3.8, 4) is 0 Å². The summed E-state index contributed by atoms with van der Waals surface area (Å²) in [5, 5.41) is 12.8. The predicted octanol–water partition coefficient (Wildman–Crippen LogP) is 1.27. The van der Waals surface area contributed by atoms with E-state index in [4.69, 9.17) is 4.52 Å². The molecule has 2 heterocycles. The van der Waals surface area contributed by atoms with Crippen LogP contribution in [0.4, 0.5) is 5.82 Å². The van der Waals surface area contributed by atoms with E-state index in [-0.39, 0.29) is 5.91 Å². The standard InChI is InChI=1S/C9H10N4O2/c1-5-3-8(13-12-5)11-9(14)7-4-10-15-6(7)2/h3-4H,1-2H3,(H2,11,12,13,14). The highest BCUT2D eigenvalue weighted by Crippen LogP contribution is 2.10. The Morgan fingerprint density at radius 2 is 2.33 bits per heavy atom. The first-order valence-electron chi connectivity index (χ1n) is 4.41. The summed E-state index contributed by atoms with van der Waals surface area (Å²) in [5.74, 6) is 0.693. The van der Waals surface area contributed by atoms with Crippen molar-refractivity contribution >= 4 is 11.7 Å². The molecule has 0 fully saturated rings. The molecule has 0 aliphatic rings. The van der Waals surface area contributed by atoms with Crippen molar-refractivity contribution in [2.75, 3.05) is 5.32 Å². The molecule has 0 atom stereocenters. The topological polar surface area (TPSA) is 83.8 Å². The molecule has 0 aliphatic carbocycles. The van der Waals surface area contributed by atoms with Crippen LogP contribution in [0.2, 0.25) is 0 Å². The minimum absolute atomic E-state index is 0.278. The third-order valence-electron chi connectivity index (χ3n) is 1.94. The van der Waals surface area contributed by atoms with E-state index in [1.54, 1.807) is 13.0 Å². The average molecular weight is 206 g/mol. The van der Waals surface area contributed by atoms with Crippen LogP contribution in [-0.2, 0) is 0 Å². The molecule has 2 N–H and O–H groups in total. The molecule has 0 aromatic carbocycles. The molecule has 2 aromatic rings. The molecule has 0 unspecified atom stereocenters. The molecule has 0 saturated carbocycles. The van der Waals surface area contributed by atoms with E-state index in [2.05, 4.69) is 20.7 Å². The van der Waals surface area contributed by atoms with Crippen molar-refractivity contribution < 1.29 is 9.32 Å². The second-order valence-corrected chi connectivity index (χ2v) is 3.19. The summed E-state index contributed by atoms with van der Waals surface area (Å²) >= 11 is 0. The quantitative estimate of drug-likeness (QED) is 0.774. The van der Waals surface area contributed by atoms with Crippen LogP contribution in [-0.4, -0.2) is 21.3 Å². The number of aromatic amines is 1. The Morgan fingerprint density at radius 1 is 1.53 bits per heavy atom. The lowest BCUT2D eigenvalue weighted by Crippen LogP contribution is -2.12. The summed E-state index contributed by atoms with van der Waals surface area (Å²) in [7, 11) is 0. The largest absolute Gasteiger partial charge is 0.361 e. The zero-order valence-corrected chi connectivity index (χ0v) is 8.37. The Bertz CT molecular complexity index is 486. The molecule has 2 aromatic heterocycles. The van der Waals surface area contributed by atoms with Crippen molar-refractivity contribution in [1.29, 1.82) is 0 Å². The molecule has 6 nitrogen and oxygen atoms in total. The number of carbonyl (C=O) groups is 1. The first kappa shape index (κ1) is 9.45. The molecule has 2 rings (SSSR count). The van der Waals surface area contributed by atoms with Gasteiger partial charge in [0.05, 0.1) is 6.20 Å². The van der Waals surface area contributed by atoms with Gasteiger partial charge in [-0.3, -0.25) is 9.89 Å². The van der Waals surface area contributed by atoms with Gasteiger partial charge in [0.15, 0.2) is 5.82 Å². The van der Waals surface area contributed by atoms with Gasteiger partial charge in [-0.15, -0.1) is 0 Å². The van der Waals surface area contributed by atoms with Crippen LogP contribution in [0.15, 0.2) is 16.8 Å². The Labute approximate surface area is 85.7 Å². The van der Waals surface area contributed by atoms with E-state index in [0.717, 1.165) is 5.69 Å². The zero-order valence-electron chi connectivity index (χ0n) is 8.37. The molecule has 0 spiro atoms. The highest BCUT2D eigenvalue weighted by Gasteiger charge is 2.13. The smallest absolute Gasteiger partial charge is 0.262 e. The van der Waals surface area contributed by atoms with Crippen LogP contribution in [0.25, 0.3) is 0 Å². The van der Waals surface area contributed by atoms with E-state index in [1.807, 2.05) is 6.92 Å². The second-order valence-electron chi connectivity index (χ2n) is 3.19. The van der Waals surface area contributed by atoms with Gasteiger partial charge in [-0.05, 0) is 13.8 Å². The number of nitrogens with zero attached hydrogens (tertiary/aromatic N) is 2. The summed E-state index contributed by atoms with van der Waals surface area (Å²) in [6.45, 7) is 3.53. The number of nitrogens with one attached hydrogen (secondary N) is 2. The summed E-state index contributed by atoms with van der Waals surface area (Å²) in [6.07, 6.45) is 1.38. The first-order valence-corrected chi connectivity index (χ1v) is 4.41. The van der Waals surface area contributed by atoms with Gasteiger partial charge < -0.3 is 9.84 Å². The number of amides is 1. The van der Waals surface area contributed by atoms with E-state index in [9.17, 15) is 4.79 Å². The number of hydrogen-bond donors (Lipinski definition) is 2. The highest BCUT2D eigenvalue weighted by molar-refractivity contribution is 6.04. The Hall–Kier alpha value is -2.11. The van der Waals surface area contributed by atoms with Gasteiger partial charge in [0.1, 0.15) is 11.3 Å². The first-order chi connectivity index (χ1) is 7.16. The average Bonchev–Trinajstić information content (AvgIpc) is 2.75. The minimum Gasteiger partial charge on any atom is -0.361 e. The lowest BCUT2D eigenvalue weighted by atomic mass is 10.2. The summed E-state index contributed by atoms with van der Waals surface area (Å²) in [6, 6.07) is 1.74. The lowest BCUT2D eigenvalue weighted by molar-refractivity contribution is 0.102. The van der Waals surface area contributed by atoms with E-state index in [1.165, 1.54) is 6.20 Å². The van der Waals surface area contributed by atoms with Crippen LogP contribution in [0.5, 0.6) is 0 Å². The van der Waals surface area contributed by atoms with Crippen LogP contribution in [0.1, 0.15) is 21.8 Å². The SMILES string of the molecule is Cc1cc(NC(=O)c2cnoc2C)n[nH]1. The monoisotopic (exact) mass is 206 g/mol.